The fourth-order valence-corrected chi connectivity index (χ4v) is 4.60. The Morgan fingerprint density at radius 3 is 2.22 bits per heavy atom. The first kappa shape index (κ1) is 27.6. The van der Waals surface area contributed by atoms with Crippen LogP contribution >= 0.6 is 0 Å². The first-order chi connectivity index (χ1) is 17.4. The van der Waals surface area contributed by atoms with Crippen molar-refractivity contribution in [2.75, 3.05) is 11.4 Å². The van der Waals surface area contributed by atoms with Gasteiger partial charge in [-0.1, -0.05) is 63.2 Å². The molecule has 9 nitrogen and oxygen atoms in total. The summed E-state index contributed by atoms with van der Waals surface area (Å²) < 4.78 is 0. The molecule has 37 heavy (non-hydrogen) atoms. The SMILES string of the molecule is CC(=O)N1[C@H](CC(C)(C)C)C(=O)N(Cc2ccccc2)c2ccccc2C(=O)C[C@H]1C(=O)NCC(=O)O. The highest BCUT2D eigenvalue weighted by Gasteiger charge is 2.44. The number of nitrogens with one attached hydrogen (secondary N) is 1. The second kappa shape index (κ2) is 11.4. The molecule has 196 valence electrons. The second-order valence-electron chi connectivity index (χ2n) is 10.4. The van der Waals surface area contributed by atoms with Crippen molar-refractivity contribution >= 4 is 35.2 Å². The number of aliphatic carboxylic acids is 1. The fraction of sp³-hybridized carbons (Fsp3) is 0.393. The minimum absolute atomic E-state index is 0.159. The van der Waals surface area contributed by atoms with Crippen LogP contribution < -0.4 is 10.2 Å². The summed E-state index contributed by atoms with van der Waals surface area (Å²) in [4.78, 5) is 67.9. The Balaban J connectivity index is 2.22. The molecule has 0 spiro atoms. The molecule has 9 heteroatoms. The molecule has 2 atom stereocenters. The molecule has 0 saturated heterocycles. The molecule has 1 aliphatic rings. The summed E-state index contributed by atoms with van der Waals surface area (Å²) >= 11 is 0. The van der Waals surface area contributed by atoms with Crippen molar-refractivity contribution in [1.29, 1.82) is 0 Å². The standard InChI is InChI=1S/C28H33N3O6/c1-18(32)31-22(26(36)29-16-25(34)35)14-24(33)20-12-8-9-13-21(20)30(17-19-10-6-5-7-11-19)27(37)23(31)15-28(2,3)4/h5-13,22-23H,14-17H2,1-4H3,(H,29,36)(H,34,35)/t22-,23+/m0/s1. The Bertz CT molecular complexity index is 1190. The maximum absolute atomic E-state index is 14.3. The highest BCUT2D eigenvalue weighted by Crippen LogP contribution is 2.33. The number of anilines is 1. The van der Waals surface area contributed by atoms with E-state index in [1.54, 1.807) is 24.3 Å². The van der Waals surface area contributed by atoms with Crippen LogP contribution in [0.15, 0.2) is 54.6 Å². The molecule has 2 N–H and O–H groups in total. The van der Waals surface area contributed by atoms with E-state index in [0.29, 0.717) is 5.69 Å². The third-order valence-corrected chi connectivity index (χ3v) is 6.17. The Morgan fingerprint density at radius 2 is 1.62 bits per heavy atom. The van der Waals surface area contributed by atoms with Gasteiger partial charge in [-0.15, -0.1) is 0 Å². The Labute approximate surface area is 216 Å². The van der Waals surface area contributed by atoms with E-state index in [0.717, 1.165) is 10.5 Å². The lowest BCUT2D eigenvalue weighted by Gasteiger charge is -2.39. The third-order valence-electron chi connectivity index (χ3n) is 6.17. The second-order valence-corrected chi connectivity index (χ2v) is 10.4. The lowest BCUT2D eigenvalue weighted by atomic mass is 9.86. The van der Waals surface area contributed by atoms with Crippen molar-refractivity contribution in [3.63, 3.8) is 0 Å². The van der Waals surface area contributed by atoms with Gasteiger partial charge in [0.2, 0.25) is 17.7 Å². The summed E-state index contributed by atoms with van der Waals surface area (Å²) in [6.45, 7) is 6.50. The molecule has 0 fully saturated rings. The molecule has 0 aromatic heterocycles. The summed E-state index contributed by atoms with van der Waals surface area (Å²) in [5.41, 5.74) is 1.06. The molecule has 3 amide bonds. The predicted molar refractivity (Wildman–Crippen MR) is 138 cm³/mol. The minimum Gasteiger partial charge on any atom is -0.480 e. The number of fused-ring (bicyclic) bond motifs is 1. The fourth-order valence-electron chi connectivity index (χ4n) is 4.60. The topological polar surface area (TPSA) is 124 Å². The summed E-state index contributed by atoms with van der Waals surface area (Å²) in [5, 5.41) is 11.4. The molecule has 0 unspecified atom stereocenters. The number of amides is 3. The van der Waals surface area contributed by atoms with Crippen molar-refractivity contribution in [2.45, 2.75) is 59.2 Å². The highest BCUT2D eigenvalue weighted by atomic mass is 16.4. The average molecular weight is 508 g/mol. The van der Waals surface area contributed by atoms with Crippen molar-refractivity contribution in [3.05, 3.63) is 65.7 Å². The van der Waals surface area contributed by atoms with E-state index in [2.05, 4.69) is 5.32 Å². The zero-order valence-corrected chi connectivity index (χ0v) is 21.6. The van der Waals surface area contributed by atoms with Crippen LogP contribution in [0, 0.1) is 5.41 Å². The predicted octanol–water partition coefficient (Wildman–Crippen LogP) is 3.03. The molecular formula is C28H33N3O6. The van der Waals surface area contributed by atoms with Gasteiger partial charge >= 0.3 is 5.97 Å². The van der Waals surface area contributed by atoms with Crippen molar-refractivity contribution in [3.8, 4) is 0 Å². The summed E-state index contributed by atoms with van der Waals surface area (Å²) in [6, 6.07) is 13.6. The maximum Gasteiger partial charge on any atom is 0.322 e. The van der Waals surface area contributed by atoms with Gasteiger partial charge in [0.25, 0.3) is 0 Å². The number of Topliss-reactive ketones (excluding diaryl/α,β-unsaturated/α-hetero) is 1. The van der Waals surface area contributed by atoms with E-state index in [1.165, 1.54) is 11.8 Å². The number of carboxylic acids is 1. The normalized spacial score (nSPS) is 18.4. The smallest absolute Gasteiger partial charge is 0.322 e. The van der Waals surface area contributed by atoms with Crippen LogP contribution in [0.2, 0.25) is 0 Å². The first-order valence-electron chi connectivity index (χ1n) is 12.1. The average Bonchev–Trinajstić information content (AvgIpc) is 2.86. The number of hydrogen-bond donors (Lipinski definition) is 2. The van der Waals surface area contributed by atoms with E-state index < -0.39 is 59.9 Å². The number of carboxylic acid groups (broad SMARTS) is 1. The van der Waals surface area contributed by atoms with Crippen LogP contribution in [-0.4, -0.2) is 58.1 Å². The molecule has 0 saturated carbocycles. The lowest BCUT2D eigenvalue weighted by Crippen LogP contribution is -2.59. The molecule has 0 bridgehead atoms. The van der Waals surface area contributed by atoms with Gasteiger partial charge in [0.1, 0.15) is 18.6 Å². The number of carbonyl (C=O) groups is 5. The summed E-state index contributed by atoms with van der Waals surface area (Å²) in [6.07, 6.45) is -0.176. The molecular weight excluding hydrogens is 474 g/mol. The van der Waals surface area contributed by atoms with Gasteiger partial charge in [0.05, 0.1) is 12.2 Å². The Hall–Kier alpha value is -4.01. The summed E-state index contributed by atoms with van der Waals surface area (Å²) in [5.74, 6) is -3.48. The van der Waals surface area contributed by atoms with E-state index in [1.807, 2.05) is 51.1 Å². The van der Waals surface area contributed by atoms with E-state index >= 15 is 0 Å². The first-order valence-corrected chi connectivity index (χ1v) is 12.1. The number of hydrogen-bond acceptors (Lipinski definition) is 5. The lowest BCUT2D eigenvalue weighted by molar-refractivity contribution is -0.147. The van der Waals surface area contributed by atoms with E-state index in [9.17, 15) is 24.0 Å². The number of rotatable bonds is 6. The molecule has 1 heterocycles. The van der Waals surface area contributed by atoms with Crippen LogP contribution in [0.3, 0.4) is 0 Å². The maximum atomic E-state index is 14.3. The number of para-hydroxylation sites is 1. The zero-order chi connectivity index (χ0) is 27.3. The van der Waals surface area contributed by atoms with Gasteiger partial charge in [-0.05, 0) is 29.5 Å². The highest BCUT2D eigenvalue weighted by molar-refractivity contribution is 6.10. The number of nitrogens with zero attached hydrogens (tertiary/aromatic N) is 2. The molecule has 1 aliphatic heterocycles. The van der Waals surface area contributed by atoms with Crippen LogP contribution in [0.1, 0.15) is 56.5 Å². The third kappa shape index (κ3) is 6.81. The van der Waals surface area contributed by atoms with Gasteiger partial charge in [-0.25, -0.2) is 0 Å². The van der Waals surface area contributed by atoms with Gasteiger partial charge < -0.3 is 20.2 Å². The van der Waals surface area contributed by atoms with Gasteiger partial charge in [-0.2, -0.15) is 0 Å². The zero-order valence-electron chi connectivity index (χ0n) is 21.6. The number of ketones is 1. The van der Waals surface area contributed by atoms with E-state index in [-0.39, 0.29) is 18.5 Å². The van der Waals surface area contributed by atoms with Gasteiger partial charge in [0, 0.05) is 18.9 Å². The Kier molecular flexibility index (Phi) is 8.47. The van der Waals surface area contributed by atoms with Crippen LogP contribution in [-0.2, 0) is 25.7 Å². The molecule has 0 radical (unpaired) electrons. The van der Waals surface area contributed by atoms with E-state index in [4.69, 9.17) is 5.11 Å². The molecule has 3 rings (SSSR count). The molecule has 2 aromatic rings. The largest absolute Gasteiger partial charge is 0.480 e. The van der Waals surface area contributed by atoms with Crippen molar-refractivity contribution in [1.82, 2.24) is 10.2 Å². The van der Waals surface area contributed by atoms with Crippen molar-refractivity contribution < 1.29 is 29.1 Å². The molecule has 2 aromatic carbocycles. The van der Waals surface area contributed by atoms with Crippen LogP contribution in [0.4, 0.5) is 5.69 Å². The number of carbonyl (C=O) groups excluding carboxylic acids is 4. The van der Waals surface area contributed by atoms with Crippen LogP contribution in [0.25, 0.3) is 0 Å². The van der Waals surface area contributed by atoms with Crippen molar-refractivity contribution in [2.24, 2.45) is 5.41 Å². The number of benzene rings is 2. The monoisotopic (exact) mass is 507 g/mol. The quantitative estimate of drug-likeness (QED) is 0.619. The Morgan fingerprint density at radius 1 is 1.00 bits per heavy atom. The summed E-state index contributed by atoms with van der Waals surface area (Å²) in [7, 11) is 0. The van der Waals surface area contributed by atoms with Gasteiger partial charge in [0.15, 0.2) is 5.78 Å². The van der Waals surface area contributed by atoms with Gasteiger partial charge in [-0.3, -0.25) is 24.0 Å². The van der Waals surface area contributed by atoms with Crippen LogP contribution in [0.5, 0.6) is 0 Å². The minimum atomic E-state index is -1.36. The molecule has 0 aliphatic carbocycles.